The number of hydrogen-bond donors (Lipinski definition) is 2. The number of hydrogen-bond acceptors (Lipinski definition) is 7. The average Bonchev–Trinajstić information content (AvgIpc) is 3.18. The van der Waals surface area contributed by atoms with Gasteiger partial charge in [0.2, 0.25) is 12.5 Å². The van der Waals surface area contributed by atoms with Gasteiger partial charge in [-0.2, -0.15) is 0 Å². The zero-order valence-electron chi connectivity index (χ0n) is 16.2. The first kappa shape index (κ1) is 17.7. The summed E-state index contributed by atoms with van der Waals surface area (Å²) in [5.74, 6) is 1.66. The van der Waals surface area contributed by atoms with Crippen LogP contribution in [-0.4, -0.2) is 31.9 Å². The number of nitrogens with one attached hydrogen (secondary N) is 1. The lowest BCUT2D eigenvalue weighted by atomic mass is 9.75. The van der Waals surface area contributed by atoms with Crippen LogP contribution < -0.4 is 24.3 Å². The van der Waals surface area contributed by atoms with Crippen LogP contribution in [0.1, 0.15) is 36.3 Å². The number of ketones is 1. The highest BCUT2D eigenvalue weighted by molar-refractivity contribution is 6.01. The molecule has 1 atom stereocenters. The van der Waals surface area contributed by atoms with E-state index in [4.69, 9.17) is 18.9 Å². The molecule has 2 aromatic carbocycles. The first-order valence-corrected chi connectivity index (χ1v) is 9.52. The lowest BCUT2D eigenvalue weighted by Crippen LogP contribution is -2.26. The molecule has 7 nitrogen and oxygen atoms in total. The number of anilines is 1. The number of benzene rings is 2. The van der Waals surface area contributed by atoms with E-state index in [1.54, 1.807) is 12.1 Å². The van der Waals surface area contributed by atoms with Gasteiger partial charge in [0.1, 0.15) is 0 Å². The van der Waals surface area contributed by atoms with Crippen molar-refractivity contribution in [2.45, 2.75) is 25.2 Å². The second-order valence-electron chi connectivity index (χ2n) is 7.29. The van der Waals surface area contributed by atoms with Crippen molar-refractivity contribution in [1.82, 2.24) is 0 Å². The molecule has 0 amide bonds. The van der Waals surface area contributed by atoms with Gasteiger partial charge in [0.05, 0.1) is 14.2 Å². The van der Waals surface area contributed by atoms with Crippen molar-refractivity contribution in [3.8, 4) is 28.7 Å². The first-order chi connectivity index (χ1) is 14.1. The molecule has 0 saturated heterocycles. The number of phenolic OH excluding ortho intramolecular Hbond substituents is 1. The molecule has 29 heavy (non-hydrogen) atoms. The van der Waals surface area contributed by atoms with Gasteiger partial charge in [-0.1, -0.05) is 0 Å². The Morgan fingerprint density at radius 3 is 2.41 bits per heavy atom. The first-order valence-electron chi connectivity index (χ1n) is 9.52. The summed E-state index contributed by atoms with van der Waals surface area (Å²) in [4.78, 5) is 13.0. The fraction of sp³-hybridized carbons (Fsp3) is 0.318. The van der Waals surface area contributed by atoms with Gasteiger partial charge < -0.3 is 29.4 Å². The number of carbonyl (C=O) groups excluding carboxylic acids is 1. The number of Topliss-reactive ketones (excluding diaryl/α,β-unsaturated/α-hetero) is 1. The van der Waals surface area contributed by atoms with Crippen molar-refractivity contribution < 1.29 is 28.8 Å². The van der Waals surface area contributed by atoms with Gasteiger partial charge in [-0.3, -0.25) is 4.79 Å². The van der Waals surface area contributed by atoms with Crippen LogP contribution in [0.4, 0.5) is 5.69 Å². The summed E-state index contributed by atoms with van der Waals surface area (Å²) in [5, 5.41) is 13.8. The number of rotatable bonds is 3. The maximum absolute atomic E-state index is 13.0. The molecule has 2 aliphatic heterocycles. The molecule has 0 fully saturated rings. The summed E-state index contributed by atoms with van der Waals surface area (Å²) < 4.78 is 21.8. The molecule has 7 heteroatoms. The summed E-state index contributed by atoms with van der Waals surface area (Å²) in [6.07, 6.45) is 2.14. The average molecular weight is 395 g/mol. The Morgan fingerprint density at radius 2 is 1.72 bits per heavy atom. The minimum Gasteiger partial charge on any atom is -0.502 e. The van der Waals surface area contributed by atoms with Crippen LogP contribution in [0.5, 0.6) is 28.7 Å². The van der Waals surface area contributed by atoms with Crippen molar-refractivity contribution in [3.63, 3.8) is 0 Å². The molecule has 3 aliphatic rings. The van der Waals surface area contributed by atoms with Crippen LogP contribution >= 0.6 is 0 Å². The predicted molar refractivity (Wildman–Crippen MR) is 105 cm³/mol. The van der Waals surface area contributed by atoms with E-state index < -0.39 is 0 Å². The largest absolute Gasteiger partial charge is 0.502 e. The molecule has 1 aliphatic carbocycles. The summed E-state index contributed by atoms with van der Waals surface area (Å²) in [6, 6.07) is 7.36. The lowest BCUT2D eigenvalue weighted by Gasteiger charge is -2.34. The Bertz CT molecular complexity index is 1030. The molecule has 0 bridgehead atoms. The van der Waals surface area contributed by atoms with E-state index in [2.05, 4.69) is 5.32 Å². The third-order valence-corrected chi connectivity index (χ3v) is 5.72. The minimum absolute atomic E-state index is 0.0669. The molecular formula is C22H21NO6. The Balaban J connectivity index is 1.75. The molecule has 0 saturated carbocycles. The second kappa shape index (κ2) is 6.62. The van der Waals surface area contributed by atoms with Gasteiger partial charge >= 0.3 is 0 Å². The van der Waals surface area contributed by atoms with E-state index in [-0.39, 0.29) is 24.2 Å². The topological polar surface area (TPSA) is 86.3 Å². The number of ether oxygens (including phenoxy) is 4. The lowest BCUT2D eigenvalue weighted by molar-refractivity contribution is -0.116. The molecule has 0 aromatic heterocycles. The molecular weight excluding hydrogens is 374 g/mol. The minimum atomic E-state index is -0.327. The molecule has 0 unspecified atom stereocenters. The zero-order valence-corrected chi connectivity index (χ0v) is 16.2. The van der Waals surface area contributed by atoms with E-state index in [1.807, 2.05) is 12.1 Å². The number of carbonyl (C=O) groups is 1. The maximum Gasteiger partial charge on any atom is 0.231 e. The Labute approximate surface area is 167 Å². The van der Waals surface area contributed by atoms with Crippen molar-refractivity contribution in [1.29, 1.82) is 0 Å². The molecule has 5 rings (SSSR count). The van der Waals surface area contributed by atoms with Crippen LogP contribution in [0.2, 0.25) is 0 Å². The van der Waals surface area contributed by atoms with Gasteiger partial charge in [-0.05, 0) is 42.2 Å². The van der Waals surface area contributed by atoms with E-state index in [0.29, 0.717) is 29.4 Å². The number of phenols is 1. The van der Waals surface area contributed by atoms with Crippen LogP contribution in [0.15, 0.2) is 35.5 Å². The molecule has 2 heterocycles. The summed E-state index contributed by atoms with van der Waals surface area (Å²) >= 11 is 0. The van der Waals surface area contributed by atoms with Gasteiger partial charge in [0, 0.05) is 35.4 Å². The van der Waals surface area contributed by atoms with Crippen molar-refractivity contribution in [2.75, 3.05) is 26.3 Å². The van der Waals surface area contributed by atoms with Crippen molar-refractivity contribution in [3.05, 3.63) is 46.7 Å². The van der Waals surface area contributed by atoms with Crippen molar-refractivity contribution >= 4 is 11.5 Å². The second-order valence-corrected chi connectivity index (χ2v) is 7.29. The zero-order chi connectivity index (χ0) is 20.1. The highest BCUT2D eigenvalue weighted by Crippen LogP contribution is 2.51. The number of fused-ring (bicyclic) bond motifs is 2. The third-order valence-electron chi connectivity index (χ3n) is 5.72. The summed E-state index contributed by atoms with van der Waals surface area (Å²) in [5.41, 5.74) is 4.29. The van der Waals surface area contributed by atoms with E-state index >= 15 is 0 Å². The van der Waals surface area contributed by atoms with Gasteiger partial charge in [0.25, 0.3) is 0 Å². The molecule has 2 N–H and O–H groups in total. The number of aromatic hydroxyl groups is 1. The monoisotopic (exact) mass is 395 g/mol. The normalized spacial score (nSPS) is 19.4. The Hall–Kier alpha value is -3.35. The van der Waals surface area contributed by atoms with Crippen LogP contribution in [0.3, 0.4) is 0 Å². The van der Waals surface area contributed by atoms with Gasteiger partial charge in [-0.25, -0.2) is 0 Å². The van der Waals surface area contributed by atoms with E-state index in [0.717, 1.165) is 40.9 Å². The smallest absolute Gasteiger partial charge is 0.231 e. The highest BCUT2D eigenvalue weighted by atomic mass is 16.7. The maximum atomic E-state index is 13.0. The fourth-order valence-electron chi connectivity index (χ4n) is 4.38. The number of methoxy groups -OCH3 is 2. The van der Waals surface area contributed by atoms with Gasteiger partial charge in [0.15, 0.2) is 28.8 Å². The van der Waals surface area contributed by atoms with Crippen LogP contribution in [0, 0.1) is 0 Å². The fourth-order valence-corrected chi connectivity index (χ4v) is 4.38. The van der Waals surface area contributed by atoms with Crippen LogP contribution in [-0.2, 0) is 4.79 Å². The van der Waals surface area contributed by atoms with Gasteiger partial charge in [-0.15, -0.1) is 0 Å². The summed E-state index contributed by atoms with van der Waals surface area (Å²) in [7, 11) is 2.98. The molecule has 150 valence electrons. The van der Waals surface area contributed by atoms with E-state index in [9.17, 15) is 9.90 Å². The molecule has 0 spiro atoms. The van der Waals surface area contributed by atoms with E-state index in [1.165, 1.54) is 14.2 Å². The Kier molecular flexibility index (Phi) is 4.04. The van der Waals surface area contributed by atoms with Crippen LogP contribution in [0.25, 0.3) is 0 Å². The number of allylic oxidation sites excluding steroid dienone is 2. The summed E-state index contributed by atoms with van der Waals surface area (Å²) in [6.45, 7) is 0.176. The quantitative estimate of drug-likeness (QED) is 0.819. The SMILES string of the molecule is COc1cc([C@@H]2C3=C(CCCC3=O)Nc3cc4c(cc32)OCO4)cc(OC)c1O. The standard InChI is InChI=1S/C22H21NO6/c1-26-18-6-11(7-19(27-2)22(18)25)20-12-8-16-17(29-10-28-16)9-14(12)23-13-4-3-5-15(24)21(13)20/h6-9,20,23,25H,3-5,10H2,1-2H3/t20-/m0/s1. The highest BCUT2D eigenvalue weighted by Gasteiger charge is 2.37. The Morgan fingerprint density at radius 1 is 1.03 bits per heavy atom. The predicted octanol–water partition coefficient (Wildman–Crippen LogP) is 3.70. The third kappa shape index (κ3) is 2.68. The molecule has 2 aromatic rings. The molecule has 0 radical (unpaired) electrons. The van der Waals surface area contributed by atoms with Crippen molar-refractivity contribution in [2.24, 2.45) is 0 Å².